The molecule has 6 heteroatoms. The fraction of sp³-hybridized carbons (Fsp3) is 0.845. The smallest absolute Gasteiger partial charge is 0.306 e. The standard InChI is InChI=1S/C71H130O6/c1-4-7-10-13-16-19-22-25-28-31-33-34-35-36-38-40-43-46-49-52-55-58-61-64-70(73)76-67-68(66-75-69(72)63-60-57-54-51-48-45-42-39-30-27-24-21-18-15-12-9-6-3)77-71(74)65-62-59-56-53-50-47-44-41-37-32-29-26-23-20-17-14-11-8-5-2/h22,25-26,29,31,33,35-36,68H,4-21,23-24,27-28,30,32,34,37-67H2,1-3H3/b25-22-,29-26-,33-31-,36-35-. The van der Waals surface area contributed by atoms with Crippen LogP contribution in [0.15, 0.2) is 48.6 Å². The molecule has 0 heterocycles. The summed E-state index contributed by atoms with van der Waals surface area (Å²) in [5, 5.41) is 0. The number of hydrogen-bond donors (Lipinski definition) is 0. The van der Waals surface area contributed by atoms with E-state index in [1.165, 1.54) is 250 Å². The van der Waals surface area contributed by atoms with E-state index in [1.807, 2.05) is 0 Å². The van der Waals surface area contributed by atoms with Crippen LogP contribution in [0.2, 0.25) is 0 Å². The molecule has 0 aliphatic rings. The summed E-state index contributed by atoms with van der Waals surface area (Å²) in [4.78, 5) is 38.4. The topological polar surface area (TPSA) is 78.9 Å². The molecule has 0 rings (SSSR count). The maximum Gasteiger partial charge on any atom is 0.306 e. The highest BCUT2D eigenvalue weighted by molar-refractivity contribution is 5.71. The van der Waals surface area contributed by atoms with Gasteiger partial charge in [0.25, 0.3) is 0 Å². The van der Waals surface area contributed by atoms with Crippen molar-refractivity contribution >= 4 is 17.9 Å². The van der Waals surface area contributed by atoms with Gasteiger partial charge in [-0.15, -0.1) is 0 Å². The Morgan fingerprint density at radius 1 is 0.260 bits per heavy atom. The Labute approximate surface area is 479 Å². The molecule has 77 heavy (non-hydrogen) atoms. The third kappa shape index (κ3) is 64.1. The van der Waals surface area contributed by atoms with Crippen LogP contribution < -0.4 is 0 Å². The Balaban J connectivity index is 4.34. The lowest BCUT2D eigenvalue weighted by Crippen LogP contribution is -2.30. The summed E-state index contributed by atoms with van der Waals surface area (Å²) in [6.45, 7) is 6.68. The number of unbranched alkanes of at least 4 members (excludes halogenated alkanes) is 44. The monoisotopic (exact) mass is 1080 g/mol. The molecule has 0 aliphatic carbocycles. The van der Waals surface area contributed by atoms with Crippen molar-refractivity contribution in [3.05, 3.63) is 48.6 Å². The molecule has 0 aromatic rings. The first-order chi connectivity index (χ1) is 38.0. The van der Waals surface area contributed by atoms with Crippen LogP contribution in [-0.2, 0) is 28.6 Å². The summed E-state index contributed by atoms with van der Waals surface area (Å²) in [6.07, 6.45) is 82.6. The van der Waals surface area contributed by atoms with Gasteiger partial charge in [0.15, 0.2) is 6.10 Å². The Morgan fingerprint density at radius 3 is 0.740 bits per heavy atom. The SMILES string of the molecule is CCCCCCC/C=C\C/C=C\C/C=C\CCCCCCCCCCC(=O)OCC(COC(=O)CCCCCCCCCCCCCCCCCCC)OC(=O)CCCCCCCCCCC/C=C\CCCCCCCC. The van der Waals surface area contributed by atoms with E-state index in [2.05, 4.69) is 69.4 Å². The molecule has 0 spiro atoms. The van der Waals surface area contributed by atoms with Gasteiger partial charge in [-0.3, -0.25) is 14.4 Å². The molecular weight excluding hydrogens is 949 g/mol. The summed E-state index contributed by atoms with van der Waals surface area (Å²) in [6, 6.07) is 0. The number of ether oxygens (including phenoxy) is 3. The fourth-order valence-corrected chi connectivity index (χ4v) is 10.2. The molecule has 0 saturated heterocycles. The van der Waals surface area contributed by atoms with Crippen LogP contribution in [0.4, 0.5) is 0 Å². The number of rotatable bonds is 63. The van der Waals surface area contributed by atoms with Gasteiger partial charge in [0.05, 0.1) is 0 Å². The highest BCUT2D eigenvalue weighted by Crippen LogP contribution is 2.18. The van der Waals surface area contributed by atoms with Crippen molar-refractivity contribution in [3.63, 3.8) is 0 Å². The van der Waals surface area contributed by atoms with E-state index in [4.69, 9.17) is 14.2 Å². The van der Waals surface area contributed by atoms with Crippen LogP contribution >= 0.6 is 0 Å². The van der Waals surface area contributed by atoms with Crippen LogP contribution in [-0.4, -0.2) is 37.2 Å². The van der Waals surface area contributed by atoms with Crippen molar-refractivity contribution in [2.45, 2.75) is 374 Å². The highest BCUT2D eigenvalue weighted by Gasteiger charge is 2.19. The van der Waals surface area contributed by atoms with Gasteiger partial charge < -0.3 is 14.2 Å². The summed E-state index contributed by atoms with van der Waals surface area (Å²) >= 11 is 0. The van der Waals surface area contributed by atoms with Crippen LogP contribution in [0.1, 0.15) is 367 Å². The number of esters is 3. The minimum atomic E-state index is -0.777. The molecule has 0 aromatic carbocycles. The zero-order chi connectivity index (χ0) is 55.7. The minimum Gasteiger partial charge on any atom is -0.462 e. The van der Waals surface area contributed by atoms with E-state index in [-0.39, 0.29) is 31.1 Å². The molecule has 450 valence electrons. The molecule has 1 atom stereocenters. The number of carbonyl (C=O) groups is 3. The predicted octanol–water partition coefficient (Wildman–Crippen LogP) is 23.3. The van der Waals surface area contributed by atoms with Crippen molar-refractivity contribution in [3.8, 4) is 0 Å². The molecule has 6 nitrogen and oxygen atoms in total. The van der Waals surface area contributed by atoms with Gasteiger partial charge in [0.1, 0.15) is 13.2 Å². The van der Waals surface area contributed by atoms with Crippen molar-refractivity contribution in [2.24, 2.45) is 0 Å². The normalized spacial score (nSPS) is 12.3. The Morgan fingerprint density at radius 2 is 0.468 bits per heavy atom. The fourth-order valence-electron chi connectivity index (χ4n) is 10.2. The predicted molar refractivity (Wildman–Crippen MR) is 335 cm³/mol. The van der Waals surface area contributed by atoms with Crippen molar-refractivity contribution in [1.82, 2.24) is 0 Å². The van der Waals surface area contributed by atoms with Gasteiger partial charge in [-0.25, -0.2) is 0 Å². The minimum absolute atomic E-state index is 0.0721. The molecule has 0 radical (unpaired) electrons. The summed E-state index contributed by atoms with van der Waals surface area (Å²) in [5.41, 5.74) is 0. The van der Waals surface area contributed by atoms with Crippen LogP contribution in [0, 0.1) is 0 Å². The Kier molecular flexibility index (Phi) is 63.6. The molecule has 0 aromatic heterocycles. The highest BCUT2D eigenvalue weighted by atomic mass is 16.6. The van der Waals surface area contributed by atoms with Crippen LogP contribution in [0.5, 0.6) is 0 Å². The van der Waals surface area contributed by atoms with Gasteiger partial charge >= 0.3 is 17.9 Å². The lowest BCUT2D eigenvalue weighted by molar-refractivity contribution is -0.167. The first-order valence-corrected chi connectivity index (χ1v) is 34.1. The molecule has 0 aliphatic heterocycles. The first-order valence-electron chi connectivity index (χ1n) is 34.1. The van der Waals surface area contributed by atoms with Gasteiger partial charge in [0.2, 0.25) is 0 Å². The number of allylic oxidation sites excluding steroid dienone is 8. The van der Waals surface area contributed by atoms with Crippen LogP contribution in [0.25, 0.3) is 0 Å². The van der Waals surface area contributed by atoms with Crippen molar-refractivity contribution in [1.29, 1.82) is 0 Å². The van der Waals surface area contributed by atoms with Gasteiger partial charge in [0, 0.05) is 19.3 Å². The van der Waals surface area contributed by atoms with Gasteiger partial charge in [-0.2, -0.15) is 0 Å². The van der Waals surface area contributed by atoms with E-state index in [0.717, 1.165) is 77.0 Å². The Bertz CT molecular complexity index is 1330. The average Bonchev–Trinajstić information content (AvgIpc) is 3.43. The molecular formula is C71H130O6. The second kappa shape index (κ2) is 65.9. The second-order valence-electron chi connectivity index (χ2n) is 23.1. The third-order valence-electron chi connectivity index (χ3n) is 15.3. The molecule has 0 amide bonds. The molecule has 0 bridgehead atoms. The molecule has 0 saturated carbocycles. The number of hydrogen-bond acceptors (Lipinski definition) is 6. The third-order valence-corrected chi connectivity index (χ3v) is 15.3. The van der Waals surface area contributed by atoms with Crippen molar-refractivity contribution in [2.75, 3.05) is 13.2 Å². The van der Waals surface area contributed by atoms with E-state index < -0.39 is 6.10 Å². The van der Waals surface area contributed by atoms with Crippen molar-refractivity contribution < 1.29 is 28.6 Å². The lowest BCUT2D eigenvalue weighted by Gasteiger charge is -2.18. The maximum absolute atomic E-state index is 12.9. The molecule has 0 N–H and O–H groups in total. The first kappa shape index (κ1) is 74.4. The zero-order valence-corrected chi connectivity index (χ0v) is 51.7. The largest absolute Gasteiger partial charge is 0.462 e. The quantitative estimate of drug-likeness (QED) is 0.0261. The van der Waals surface area contributed by atoms with Crippen LogP contribution in [0.3, 0.4) is 0 Å². The number of carbonyl (C=O) groups excluding carboxylic acids is 3. The van der Waals surface area contributed by atoms with E-state index in [1.54, 1.807) is 0 Å². The second-order valence-corrected chi connectivity index (χ2v) is 23.1. The van der Waals surface area contributed by atoms with Gasteiger partial charge in [-0.1, -0.05) is 313 Å². The summed E-state index contributed by atoms with van der Waals surface area (Å²) in [7, 11) is 0. The summed E-state index contributed by atoms with van der Waals surface area (Å²) in [5.74, 6) is -0.856. The maximum atomic E-state index is 12.9. The van der Waals surface area contributed by atoms with E-state index >= 15 is 0 Å². The molecule has 1 unspecified atom stereocenters. The lowest BCUT2D eigenvalue weighted by atomic mass is 10.0. The Hall–Kier alpha value is -2.63. The van der Waals surface area contributed by atoms with Gasteiger partial charge in [-0.05, 0) is 83.5 Å². The molecule has 0 fully saturated rings. The summed E-state index contributed by atoms with van der Waals surface area (Å²) < 4.78 is 17.0. The average molecular weight is 1080 g/mol. The zero-order valence-electron chi connectivity index (χ0n) is 51.7. The van der Waals surface area contributed by atoms with E-state index in [0.29, 0.717) is 19.3 Å². The van der Waals surface area contributed by atoms with E-state index in [9.17, 15) is 14.4 Å².